The Bertz CT molecular complexity index is 1180. The molecule has 4 rings (SSSR count). The van der Waals surface area contributed by atoms with Crippen LogP contribution in [0.4, 0.5) is 0 Å². The standard InChI is InChI=1S/C27H24N2O2S/c1-2-15-31-24(30)18-32-27-23(17-28)25(20-11-7-4-8-12-20)22-14-13-21(26(22)29-27)16-19-9-5-3-6-10-19/h3-12,16H,2,13-15,18H2,1H3/b21-16+. The van der Waals surface area contributed by atoms with Gasteiger partial charge < -0.3 is 4.74 Å². The van der Waals surface area contributed by atoms with Gasteiger partial charge in [-0.05, 0) is 47.6 Å². The zero-order valence-corrected chi connectivity index (χ0v) is 18.8. The van der Waals surface area contributed by atoms with E-state index in [1.165, 1.54) is 11.8 Å². The van der Waals surface area contributed by atoms with Gasteiger partial charge in [0.2, 0.25) is 0 Å². The molecule has 1 aliphatic rings. The Labute approximate surface area is 193 Å². The quantitative estimate of drug-likeness (QED) is 0.326. The van der Waals surface area contributed by atoms with Gasteiger partial charge in [-0.3, -0.25) is 4.79 Å². The van der Waals surface area contributed by atoms with Crippen LogP contribution < -0.4 is 0 Å². The van der Waals surface area contributed by atoms with E-state index in [2.05, 4.69) is 24.3 Å². The van der Waals surface area contributed by atoms with Crippen molar-refractivity contribution in [2.45, 2.75) is 31.2 Å². The van der Waals surface area contributed by atoms with Crippen molar-refractivity contribution >= 4 is 29.4 Å². The summed E-state index contributed by atoms with van der Waals surface area (Å²) in [6.45, 7) is 2.37. The molecule has 0 N–H and O–H groups in total. The summed E-state index contributed by atoms with van der Waals surface area (Å²) in [5.74, 6) is -0.156. The molecular formula is C27H24N2O2S. The van der Waals surface area contributed by atoms with Crippen molar-refractivity contribution in [3.05, 3.63) is 83.0 Å². The van der Waals surface area contributed by atoms with Gasteiger partial charge in [0.05, 0.1) is 23.6 Å². The summed E-state index contributed by atoms with van der Waals surface area (Å²) in [6, 6.07) is 22.5. The van der Waals surface area contributed by atoms with Crippen molar-refractivity contribution < 1.29 is 9.53 Å². The number of aromatic nitrogens is 1. The molecule has 0 saturated heterocycles. The fourth-order valence-electron chi connectivity index (χ4n) is 3.90. The molecule has 1 heterocycles. The number of nitrogens with zero attached hydrogens (tertiary/aromatic N) is 2. The second-order valence-electron chi connectivity index (χ2n) is 7.56. The van der Waals surface area contributed by atoms with Gasteiger partial charge in [-0.2, -0.15) is 5.26 Å². The number of hydrogen-bond acceptors (Lipinski definition) is 5. The monoisotopic (exact) mass is 440 g/mol. The number of ether oxygens (including phenoxy) is 1. The van der Waals surface area contributed by atoms with Crippen LogP contribution in [0.25, 0.3) is 22.8 Å². The first-order chi connectivity index (χ1) is 15.7. The number of pyridine rings is 1. The highest BCUT2D eigenvalue weighted by atomic mass is 32.2. The molecule has 3 aromatic rings. The van der Waals surface area contributed by atoms with Gasteiger partial charge >= 0.3 is 5.97 Å². The van der Waals surface area contributed by atoms with Crippen molar-refractivity contribution in [1.29, 1.82) is 5.26 Å². The molecule has 2 aromatic carbocycles. The Kier molecular flexibility index (Phi) is 7.03. The predicted octanol–water partition coefficient (Wildman–Crippen LogP) is 6.15. The third kappa shape index (κ3) is 4.76. The van der Waals surface area contributed by atoms with Crippen LogP contribution in [0.15, 0.2) is 65.7 Å². The fraction of sp³-hybridized carbons (Fsp3) is 0.222. The molecule has 1 aromatic heterocycles. The minimum Gasteiger partial charge on any atom is -0.465 e. The molecule has 0 amide bonds. The number of thioether (sulfide) groups is 1. The summed E-state index contributed by atoms with van der Waals surface area (Å²) in [7, 11) is 0. The minimum atomic E-state index is -0.288. The van der Waals surface area contributed by atoms with Gasteiger partial charge in [-0.15, -0.1) is 0 Å². The van der Waals surface area contributed by atoms with E-state index in [0.29, 0.717) is 17.2 Å². The molecular weight excluding hydrogens is 416 g/mol. The number of benzene rings is 2. The first-order valence-corrected chi connectivity index (χ1v) is 11.8. The number of carbonyl (C=O) groups excluding carboxylic acids is 1. The second-order valence-corrected chi connectivity index (χ2v) is 8.53. The normalized spacial score (nSPS) is 13.6. The lowest BCUT2D eigenvalue weighted by molar-refractivity contribution is -0.140. The Morgan fingerprint density at radius 3 is 2.53 bits per heavy atom. The van der Waals surface area contributed by atoms with Crippen LogP contribution in [0.2, 0.25) is 0 Å². The number of nitriles is 1. The van der Waals surface area contributed by atoms with Crippen LogP contribution in [0.3, 0.4) is 0 Å². The van der Waals surface area contributed by atoms with Crippen molar-refractivity contribution in [2.75, 3.05) is 12.4 Å². The van der Waals surface area contributed by atoms with Crippen molar-refractivity contribution in [3.63, 3.8) is 0 Å². The molecule has 0 saturated carbocycles. The highest BCUT2D eigenvalue weighted by Crippen LogP contribution is 2.42. The third-order valence-corrected chi connectivity index (χ3v) is 6.27. The van der Waals surface area contributed by atoms with Gasteiger partial charge in [0.25, 0.3) is 0 Å². The number of allylic oxidation sites excluding steroid dienone is 1. The molecule has 0 aliphatic heterocycles. The molecule has 0 spiro atoms. The Hall–Kier alpha value is -3.36. The first kappa shape index (κ1) is 21.9. The Morgan fingerprint density at radius 1 is 1.12 bits per heavy atom. The molecule has 0 atom stereocenters. The zero-order valence-electron chi connectivity index (χ0n) is 18.0. The van der Waals surface area contributed by atoms with E-state index in [1.54, 1.807) is 0 Å². The maximum Gasteiger partial charge on any atom is 0.316 e. The summed E-state index contributed by atoms with van der Waals surface area (Å²) in [4.78, 5) is 17.0. The molecule has 0 unspecified atom stereocenters. The van der Waals surface area contributed by atoms with Crippen molar-refractivity contribution in [3.8, 4) is 17.2 Å². The molecule has 4 nitrogen and oxygen atoms in total. The largest absolute Gasteiger partial charge is 0.465 e. The van der Waals surface area contributed by atoms with Crippen LogP contribution in [-0.2, 0) is 16.0 Å². The second kappa shape index (κ2) is 10.3. The highest BCUT2D eigenvalue weighted by molar-refractivity contribution is 7.99. The van der Waals surface area contributed by atoms with E-state index in [0.717, 1.165) is 52.8 Å². The van der Waals surface area contributed by atoms with Crippen LogP contribution in [0.1, 0.15) is 42.1 Å². The predicted molar refractivity (Wildman–Crippen MR) is 129 cm³/mol. The van der Waals surface area contributed by atoms with E-state index in [-0.39, 0.29) is 11.7 Å². The molecule has 1 aliphatic carbocycles. The van der Waals surface area contributed by atoms with Crippen LogP contribution in [0.5, 0.6) is 0 Å². The maximum absolute atomic E-state index is 12.1. The lowest BCUT2D eigenvalue weighted by Gasteiger charge is -2.15. The van der Waals surface area contributed by atoms with Crippen molar-refractivity contribution in [1.82, 2.24) is 4.98 Å². The van der Waals surface area contributed by atoms with E-state index < -0.39 is 0 Å². The van der Waals surface area contributed by atoms with Gasteiger partial charge in [0, 0.05) is 5.56 Å². The average Bonchev–Trinajstić information content (AvgIpc) is 3.23. The molecule has 0 radical (unpaired) electrons. The number of hydrogen-bond donors (Lipinski definition) is 0. The lowest BCUT2D eigenvalue weighted by atomic mass is 9.95. The number of carbonyl (C=O) groups is 1. The summed E-state index contributed by atoms with van der Waals surface area (Å²) in [5.41, 5.74) is 6.77. The van der Waals surface area contributed by atoms with Crippen LogP contribution in [-0.4, -0.2) is 23.3 Å². The zero-order chi connectivity index (χ0) is 22.3. The number of fused-ring (bicyclic) bond motifs is 1. The molecule has 5 heteroatoms. The van der Waals surface area contributed by atoms with E-state index >= 15 is 0 Å². The van der Waals surface area contributed by atoms with Crippen LogP contribution in [0, 0.1) is 11.3 Å². The third-order valence-electron chi connectivity index (χ3n) is 5.32. The smallest absolute Gasteiger partial charge is 0.316 e. The van der Waals surface area contributed by atoms with Gasteiger partial charge in [0.15, 0.2) is 0 Å². The highest BCUT2D eigenvalue weighted by Gasteiger charge is 2.27. The first-order valence-electron chi connectivity index (χ1n) is 10.8. The number of esters is 1. The summed E-state index contributed by atoms with van der Waals surface area (Å²) in [5, 5.41) is 10.6. The maximum atomic E-state index is 12.1. The minimum absolute atomic E-state index is 0.131. The van der Waals surface area contributed by atoms with E-state index in [4.69, 9.17) is 9.72 Å². The van der Waals surface area contributed by atoms with Crippen molar-refractivity contribution in [2.24, 2.45) is 0 Å². The summed E-state index contributed by atoms with van der Waals surface area (Å²) < 4.78 is 5.21. The molecule has 0 bridgehead atoms. The Balaban J connectivity index is 1.80. The summed E-state index contributed by atoms with van der Waals surface area (Å²) >= 11 is 1.28. The van der Waals surface area contributed by atoms with E-state index in [1.807, 2.05) is 55.5 Å². The summed E-state index contributed by atoms with van der Waals surface area (Å²) in [6.07, 6.45) is 4.66. The fourth-order valence-corrected chi connectivity index (χ4v) is 4.68. The topological polar surface area (TPSA) is 63.0 Å². The Morgan fingerprint density at radius 2 is 1.84 bits per heavy atom. The molecule has 160 valence electrons. The number of rotatable bonds is 7. The lowest BCUT2D eigenvalue weighted by Crippen LogP contribution is -2.09. The van der Waals surface area contributed by atoms with Crippen LogP contribution >= 0.6 is 11.8 Å². The SMILES string of the molecule is CCCOC(=O)CSc1nc2c(c(-c3ccccc3)c1C#N)CC/C2=C\c1ccccc1. The van der Waals surface area contributed by atoms with E-state index in [9.17, 15) is 10.1 Å². The average molecular weight is 441 g/mol. The molecule has 32 heavy (non-hydrogen) atoms. The molecule has 0 fully saturated rings. The van der Waals surface area contributed by atoms with Gasteiger partial charge in [-0.25, -0.2) is 4.98 Å². The van der Waals surface area contributed by atoms with Gasteiger partial charge in [-0.1, -0.05) is 79.3 Å². The van der Waals surface area contributed by atoms with Gasteiger partial charge in [0.1, 0.15) is 11.1 Å².